The van der Waals surface area contributed by atoms with Gasteiger partial charge in [0.1, 0.15) is 18.2 Å². The van der Waals surface area contributed by atoms with Crippen LogP contribution in [0.3, 0.4) is 0 Å². The first-order valence-electron chi connectivity index (χ1n) is 12.6. The molecule has 0 aliphatic heterocycles. The number of nitrogens with zero attached hydrogens (tertiary/aromatic N) is 2. The molecule has 4 rings (SSSR count). The molecular weight excluding hydrogens is 434 g/mol. The van der Waals surface area contributed by atoms with E-state index in [-0.39, 0.29) is 5.91 Å². The molecule has 3 aromatic carbocycles. The summed E-state index contributed by atoms with van der Waals surface area (Å²) in [4.78, 5) is 17.0. The maximum atomic E-state index is 12.1. The van der Waals surface area contributed by atoms with Crippen molar-refractivity contribution in [3.63, 3.8) is 0 Å². The summed E-state index contributed by atoms with van der Waals surface area (Å²) < 4.78 is 8.47. The predicted octanol–water partition coefficient (Wildman–Crippen LogP) is 5.80. The number of amides is 1. The molecule has 0 saturated carbocycles. The van der Waals surface area contributed by atoms with Crippen molar-refractivity contribution >= 4 is 16.9 Å². The molecule has 0 bridgehead atoms. The summed E-state index contributed by atoms with van der Waals surface area (Å²) >= 11 is 0. The highest BCUT2D eigenvalue weighted by Crippen LogP contribution is 2.23. The molecule has 0 saturated heterocycles. The van der Waals surface area contributed by atoms with Gasteiger partial charge in [0.15, 0.2) is 0 Å². The van der Waals surface area contributed by atoms with Crippen molar-refractivity contribution in [2.45, 2.75) is 52.5 Å². The summed E-state index contributed by atoms with van der Waals surface area (Å²) in [5, 5.41) is 3.04. The number of benzene rings is 3. The second kappa shape index (κ2) is 12.2. The SMILES string of the molecule is Cc1cccc(C)c1OCCn1c(CCCCCNC(=O)Cc2ccccc2)nc2ccccc21. The number of unbranched alkanes of at least 4 members (excludes halogenated alkanes) is 2. The second-order valence-electron chi connectivity index (χ2n) is 9.06. The summed E-state index contributed by atoms with van der Waals surface area (Å²) in [5.74, 6) is 2.17. The Morgan fingerprint density at radius 1 is 0.886 bits per heavy atom. The lowest BCUT2D eigenvalue weighted by molar-refractivity contribution is -0.120. The van der Waals surface area contributed by atoms with Crippen molar-refractivity contribution in [1.29, 1.82) is 0 Å². The van der Waals surface area contributed by atoms with Gasteiger partial charge in [-0.05, 0) is 55.5 Å². The number of carbonyl (C=O) groups excluding carboxylic acids is 1. The zero-order valence-corrected chi connectivity index (χ0v) is 20.8. The Balaban J connectivity index is 1.26. The summed E-state index contributed by atoms with van der Waals surface area (Å²) in [6.07, 6.45) is 4.41. The van der Waals surface area contributed by atoms with E-state index >= 15 is 0 Å². The smallest absolute Gasteiger partial charge is 0.224 e. The summed E-state index contributed by atoms with van der Waals surface area (Å²) in [5.41, 5.74) is 5.56. The number of aromatic nitrogens is 2. The molecular formula is C30H35N3O2. The molecule has 0 aliphatic rings. The number of ether oxygens (including phenoxy) is 1. The number of para-hydroxylation sites is 3. The molecule has 0 unspecified atom stereocenters. The largest absolute Gasteiger partial charge is 0.491 e. The minimum atomic E-state index is 0.0851. The van der Waals surface area contributed by atoms with Gasteiger partial charge in [0, 0.05) is 13.0 Å². The third-order valence-corrected chi connectivity index (χ3v) is 6.31. The standard InChI is InChI=1S/C30H35N3O2/c1-23-12-11-13-24(2)30(23)35-21-20-33-27-17-9-8-16-26(27)32-28(33)18-7-4-10-19-31-29(34)22-25-14-5-3-6-15-25/h3,5-6,8-9,11-17H,4,7,10,18-22H2,1-2H3,(H,31,34). The lowest BCUT2D eigenvalue weighted by atomic mass is 10.1. The summed E-state index contributed by atoms with van der Waals surface area (Å²) in [7, 11) is 0. The van der Waals surface area contributed by atoms with E-state index in [9.17, 15) is 4.79 Å². The Bertz CT molecular complexity index is 1230. The van der Waals surface area contributed by atoms with Gasteiger partial charge in [0.05, 0.1) is 24.0 Å². The van der Waals surface area contributed by atoms with Crippen molar-refractivity contribution in [1.82, 2.24) is 14.9 Å². The van der Waals surface area contributed by atoms with Gasteiger partial charge in [0.25, 0.3) is 0 Å². The molecule has 5 heteroatoms. The number of aryl methyl sites for hydroxylation is 3. The first-order chi connectivity index (χ1) is 17.1. The van der Waals surface area contributed by atoms with Crippen molar-refractivity contribution in [3.05, 3.63) is 95.3 Å². The molecule has 4 aromatic rings. The van der Waals surface area contributed by atoms with Crippen LogP contribution in [0.25, 0.3) is 11.0 Å². The molecule has 0 spiro atoms. The third kappa shape index (κ3) is 6.72. The van der Waals surface area contributed by atoms with Crippen LogP contribution in [0.1, 0.15) is 41.8 Å². The van der Waals surface area contributed by atoms with Gasteiger partial charge in [0.2, 0.25) is 5.91 Å². The Morgan fingerprint density at radius 3 is 2.43 bits per heavy atom. The fraction of sp³-hybridized carbons (Fsp3) is 0.333. The van der Waals surface area contributed by atoms with E-state index in [1.807, 2.05) is 36.4 Å². The van der Waals surface area contributed by atoms with Gasteiger partial charge < -0.3 is 14.6 Å². The minimum Gasteiger partial charge on any atom is -0.491 e. The molecule has 1 amide bonds. The van der Waals surface area contributed by atoms with Gasteiger partial charge in [-0.25, -0.2) is 4.98 Å². The van der Waals surface area contributed by atoms with Gasteiger partial charge in [-0.15, -0.1) is 0 Å². The lowest BCUT2D eigenvalue weighted by Crippen LogP contribution is -2.26. The average molecular weight is 470 g/mol. The topological polar surface area (TPSA) is 56.1 Å². The van der Waals surface area contributed by atoms with E-state index in [0.717, 1.165) is 71.5 Å². The van der Waals surface area contributed by atoms with Crippen LogP contribution in [0.2, 0.25) is 0 Å². The van der Waals surface area contributed by atoms with Crippen LogP contribution in [-0.2, 0) is 24.2 Å². The van der Waals surface area contributed by atoms with Crippen molar-refractivity contribution in [3.8, 4) is 5.75 Å². The Hall–Kier alpha value is -3.60. The fourth-order valence-electron chi connectivity index (χ4n) is 4.49. The van der Waals surface area contributed by atoms with E-state index in [1.165, 1.54) is 0 Å². The van der Waals surface area contributed by atoms with E-state index in [2.05, 4.69) is 60.1 Å². The maximum absolute atomic E-state index is 12.1. The minimum absolute atomic E-state index is 0.0851. The van der Waals surface area contributed by atoms with E-state index < -0.39 is 0 Å². The highest BCUT2D eigenvalue weighted by atomic mass is 16.5. The van der Waals surface area contributed by atoms with Gasteiger partial charge in [-0.1, -0.05) is 67.1 Å². The first kappa shape index (κ1) is 24.5. The van der Waals surface area contributed by atoms with Crippen LogP contribution < -0.4 is 10.1 Å². The van der Waals surface area contributed by atoms with Gasteiger partial charge in [-0.3, -0.25) is 4.79 Å². The molecule has 1 N–H and O–H groups in total. The van der Waals surface area contributed by atoms with E-state index in [4.69, 9.17) is 9.72 Å². The number of hydrogen-bond donors (Lipinski definition) is 1. The van der Waals surface area contributed by atoms with Crippen LogP contribution in [0.5, 0.6) is 5.75 Å². The van der Waals surface area contributed by atoms with Crippen molar-refractivity contribution in [2.24, 2.45) is 0 Å². The predicted molar refractivity (Wildman–Crippen MR) is 142 cm³/mol. The molecule has 0 radical (unpaired) electrons. The highest BCUT2D eigenvalue weighted by molar-refractivity contribution is 5.78. The summed E-state index contributed by atoms with van der Waals surface area (Å²) in [6.45, 7) is 6.26. The lowest BCUT2D eigenvalue weighted by Gasteiger charge is -2.14. The fourth-order valence-corrected chi connectivity index (χ4v) is 4.49. The highest BCUT2D eigenvalue weighted by Gasteiger charge is 2.11. The van der Waals surface area contributed by atoms with Gasteiger partial charge >= 0.3 is 0 Å². The molecule has 0 atom stereocenters. The van der Waals surface area contributed by atoms with Crippen LogP contribution in [0, 0.1) is 13.8 Å². The van der Waals surface area contributed by atoms with Crippen molar-refractivity contribution < 1.29 is 9.53 Å². The zero-order valence-electron chi connectivity index (χ0n) is 20.8. The number of nitrogens with one attached hydrogen (secondary N) is 1. The molecule has 182 valence electrons. The Labute approximate surface area is 208 Å². The first-order valence-corrected chi connectivity index (χ1v) is 12.6. The molecule has 1 aromatic heterocycles. The quantitative estimate of drug-likeness (QED) is 0.267. The van der Waals surface area contributed by atoms with Crippen molar-refractivity contribution in [2.75, 3.05) is 13.2 Å². The van der Waals surface area contributed by atoms with Crippen LogP contribution in [0.4, 0.5) is 0 Å². The van der Waals surface area contributed by atoms with E-state index in [1.54, 1.807) is 0 Å². The molecule has 0 fully saturated rings. The van der Waals surface area contributed by atoms with Crippen LogP contribution in [-0.4, -0.2) is 28.6 Å². The number of imidazole rings is 1. The van der Waals surface area contributed by atoms with Crippen LogP contribution in [0.15, 0.2) is 72.8 Å². The third-order valence-electron chi connectivity index (χ3n) is 6.31. The number of carbonyl (C=O) groups is 1. The molecule has 0 aliphatic carbocycles. The Kier molecular flexibility index (Phi) is 8.55. The number of fused-ring (bicyclic) bond motifs is 1. The summed E-state index contributed by atoms with van der Waals surface area (Å²) in [6, 6.07) is 24.4. The van der Waals surface area contributed by atoms with Gasteiger partial charge in [-0.2, -0.15) is 0 Å². The van der Waals surface area contributed by atoms with E-state index in [0.29, 0.717) is 19.6 Å². The van der Waals surface area contributed by atoms with Crippen LogP contribution >= 0.6 is 0 Å². The second-order valence-corrected chi connectivity index (χ2v) is 9.06. The molecule has 5 nitrogen and oxygen atoms in total. The average Bonchev–Trinajstić information content (AvgIpc) is 3.21. The maximum Gasteiger partial charge on any atom is 0.224 e. The monoisotopic (exact) mass is 469 g/mol. The number of hydrogen-bond acceptors (Lipinski definition) is 3. The zero-order chi connectivity index (χ0) is 24.5. The number of rotatable bonds is 12. The molecule has 1 heterocycles. The normalized spacial score (nSPS) is 11.0. The Morgan fingerprint density at radius 2 is 1.63 bits per heavy atom. The molecule has 35 heavy (non-hydrogen) atoms.